The van der Waals surface area contributed by atoms with E-state index in [9.17, 15) is 4.79 Å². The third kappa shape index (κ3) is 2.61. The standard InChI is InChI=1S/C17H26N6O/c1-10(2)16-19-18-14-9-22(7-8-23(14)16)17(24)11(3)15-12(4)20-21(6)13(15)5/h10-11H,7-9H2,1-6H3/t11-/m0/s1. The molecule has 0 spiro atoms. The molecule has 1 amide bonds. The Labute approximate surface area is 142 Å². The van der Waals surface area contributed by atoms with Crippen molar-refractivity contribution in [3.63, 3.8) is 0 Å². The minimum Gasteiger partial charge on any atom is -0.333 e. The fraction of sp³-hybridized carbons (Fsp3) is 0.647. The first-order valence-electron chi connectivity index (χ1n) is 8.52. The zero-order valence-electron chi connectivity index (χ0n) is 15.4. The van der Waals surface area contributed by atoms with Gasteiger partial charge in [0.2, 0.25) is 5.91 Å². The Kier molecular flexibility index (Phi) is 4.19. The molecule has 2 aromatic heterocycles. The molecule has 24 heavy (non-hydrogen) atoms. The Morgan fingerprint density at radius 1 is 1.12 bits per heavy atom. The number of rotatable bonds is 3. The second-order valence-corrected chi connectivity index (χ2v) is 6.97. The lowest BCUT2D eigenvalue weighted by Gasteiger charge is -2.30. The Bertz CT molecular complexity index is 772. The quantitative estimate of drug-likeness (QED) is 0.862. The maximum atomic E-state index is 13.0. The molecule has 0 radical (unpaired) electrons. The van der Waals surface area contributed by atoms with Gasteiger partial charge in [-0.15, -0.1) is 10.2 Å². The van der Waals surface area contributed by atoms with Gasteiger partial charge < -0.3 is 9.47 Å². The van der Waals surface area contributed by atoms with Crippen LogP contribution in [0.1, 0.15) is 61.2 Å². The van der Waals surface area contributed by atoms with Crippen LogP contribution in [-0.4, -0.2) is 41.9 Å². The van der Waals surface area contributed by atoms with E-state index in [0.29, 0.717) is 19.0 Å². The largest absolute Gasteiger partial charge is 0.333 e. The lowest BCUT2D eigenvalue weighted by Crippen LogP contribution is -2.41. The normalized spacial score (nSPS) is 15.7. The molecule has 1 aliphatic heterocycles. The first-order valence-corrected chi connectivity index (χ1v) is 8.52. The fourth-order valence-electron chi connectivity index (χ4n) is 3.61. The monoisotopic (exact) mass is 330 g/mol. The molecule has 0 saturated carbocycles. The molecule has 0 aromatic carbocycles. The highest BCUT2D eigenvalue weighted by atomic mass is 16.2. The van der Waals surface area contributed by atoms with Gasteiger partial charge in [-0.2, -0.15) is 5.10 Å². The Morgan fingerprint density at radius 3 is 2.42 bits per heavy atom. The maximum absolute atomic E-state index is 13.0. The summed E-state index contributed by atoms with van der Waals surface area (Å²) in [6, 6.07) is 0. The zero-order valence-corrected chi connectivity index (χ0v) is 15.4. The summed E-state index contributed by atoms with van der Waals surface area (Å²) in [7, 11) is 1.92. The van der Waals surface area contributed by atoms with Gasteiger partial charge in [0.25, 0.3) is 0 Å². The average molecular weight is 330 g/mol. The first-order chi connectivity index (χ1) is 11.3. The fourth-order valence-corrected chi connectivity index (χ4v) is 3.61. The van der Waals surface area contributed by atoms with Crippen LogP contribution in [0.2, 0.25) is 0 Å². The van der Waals surface area contributed by atoms with Crippen LogP contribution < -0.4 is 0 Å². The van der Waals surface area contributed by atoms with Crippen LogP contribution in [0.5, 0.6) is 0 Å². The summed E-state index contributed by atoms with van der Waals surface area (Å²) in [4.78, 5) is 14.9. The topological polar surface area (TPSA) is 68.8 Å². The van der Waals surface area contributed by atoms with E-state index in [0.717, 1.165) is 35.1 Å². The van der Waals surface area contributed by atoms with Crippen LogP contribution in [-0.2, 0) is 24.9 Å². The van der Waals surface area contributed by atoms with E-state index in [1.54, 1.807) is 0 Å². The summed E-state index contributed by atoms with van der Waals surface area (Å²) in [5.74, 6) is 2.16. The highest BCUT2D eigenvalue weighted by Crippen LogP contribution is 2.27. The molecule has 130 valence electrons. The van der Waals surface area contributed by atoms with E-state index in [1.807, 2.05) is 37.4 Å². The van der Waals surface area contributed by atoms with Crippen molar-refractivity contribution in [1.29, 1.82) is 0 Å². The van der Waals surface area contributed by atoms with Gasteiger partial charge in [0, 0.05) is 37.3 Å². The zero-order chi connectivity index (χ0) is 17.6. The summed E-state index contributed by atoms with van der Waals surface area (Å²) in [6.07, 6.45) is 0. The molecule has 2 aromatic rings. The van der Waals surface area contributed by atoms with Crippen molar-refractivity contribution in [1.82, 2.24) is 29.4 Å². The first kappa shape index (κ1) is 16.7. The molecule has 0 N–H and O–H groups in total. The molecular formula is C17H26N6O. The number of nitrogens with zero attached hydrogens (tertiary/aromatic N) is 6. The smallest absolute Gasteiger partial charge is 0.230 e. The third-order valence-corrected chi connectivity index (χ3v) is 4.98. The van der Waals surface area contributed by atoms with Crippen molar-refractivity contribution < 1.29 is 4.79 Å². The Morgan fingerprint density at radius 2 is 1.83 bits per heavy atom. The molecule has 0 bridgehead atoms. The van der Waals surface area contributed by atoms with Crippen LogP contribution in [0.15, 0.2) is 0 Å². The Hall–Kier alpha value is -2.18. The number of carbonyl (C=O) groups excluding carboxylic acids is 1. The number of carbonyl (C=O) groups is 1. The molecule has 1 aliphatic rings. The minimum absolute atomic E-state index is 0.134. The summed E-state index contributed by atoms with van der Waals surface area (Å²) < 4.78 is 4.00. The van der Waals surface area contributed by atoms with E-state index in [-0.39, 0.29) is 11.8 Å². The SMILES string of the molecule is Cc1nn(C)c(C)c1[C@H](C)C(=O)N1CCn2c(nnc2C(C)C)C1. The molecule has 0 unspecified atom stereocenters. The molecule has 0 saturated heterocycles. The van der Waals surface area contributed by atoms with Crippen molar-refractivity contribution >= 4 is 5.91 Å². The van der Waals surface area contributed by atoms with Crippen molar-refractivity contribution in [2.75, 3.05) is 6.54 Å². The number of hydrogen-bond acceptors (Lipinski definition) is 4. The van der Waals surface area contributed by atoms with Crippen LogP contribution in [0.25, 0.3) is 0 Å². The third-order valence-electron chi connectivity index (χ3n) is 4.98. The summed E-state index contributed by atoms with van der Waals surface area (Å²) in [5, 5.41) is 13.0. The minimum atomic E-state index is -0.197. The van der Waals surface area contributed by atoms with Crippen molar-refractivity contribution in [3.05, 3.63) is 28.6 Å². The summed E-state index contributed by atoms with van der Waals surface area (Å²) in [6.45, 7) is 12.2. The number of hydrogen-bond donors (Lipinski definition) is 0. The summed E-state index contributed by atoms with van der Waals surface area (Å²) >= 11 is 0. The van der Waals surface area contributed by atoms with Crippen molar-refractivity contribution in [2.45, 2.75) is 59.5 Å². The predicted octanol–water partition coefficient (Wildman–Crippen LogP) is 1.90. The van der Waals surface area contributed by atoms with E-state index >= 15 is 0 Å². The number of amides is 1. The molecule has 7 nitrogen and oxygen atoms in total. The highest BCUT2D eigenvalue weighted by Gasteiger charge is 2.30. The molecule has 0 aliphatic carbocycles. The number of aromatic nitrogens is 5. The van der Waals surface area contributed by atoms with Gasteiger partial charge in [0.1, 0.15) is 5.82 Å². The second-order valence-electron chi connectivity index (χ2n) is 6.97. The van der Waals surface area contributed by atoms with Gasteiger partial charge in [-0.25, -0.2) is 0 Å². The number of aryl methyl sites for hydroxylation is 2. The Balaban J connectivity index is 1.81. The maximum Gasteiger partial charge on any atom is 0.230 e. The van der Waals surface area contributed by atoms with Crippen LogP contribution in [0.4, 0.5) is 0 Å². The summed E-state index contributed by atoms with van der Waals surface area (Å²) in [5.41, 5.74) is 3.02. The van der Waals surface area contributed by atoms with Crippen molar-refractivity contribution in [2.24, 2.45) is 7.05 Å². The van der Waals surface area contributed by atoms with Gasteiger partial charge in [-0.3, -0.25) is 9.48 Å². The lowest BCUT2D eigenvalue weighted by atomic mass is 9.97. The predicted molar refractivity (Wildman–Crippen MR) is 90.6 cm³/mol. The lowest BCUT2D eigenvalue weighted by molar-refractivity contribution is -0.134. The highest BCUT2D eigenvalue weighted by molar-refractivity contribution is 5.84. The number of fused-ring (bicyclic) bond motifs is 1. The van der Waals surface area contributed by atoms with E-state index in [4.69, 9.17) is 0 Å². The van der Waals surface area contributed by atoms with Crippen LogP contribution >= 0.6 is 0 Å². The van der Waals surface area contributed by atoms with Gasteiger partial charge >= 0.3 is 0 Å². The van der Waals surface area contributed by atoms with Gasteiger partial charge in [-0.05, 0) is 20.8 Å². The van der Waals surface area contributed by atoms with E-state index in [2.05, 4.69) is 33.7 Å². The van der Waals surface area contributed by atoms with E-state index in [1.165, 1.54) is 0 Å². The van der Waals surface area contributed by atoms with Crippen LogP contribution in [0, 0.1) is 13.8 Å². The average Bonchev–Trinajstić information content (AvgIpc) is 3.06. The molecule has 0 fully saturated rings. The van der Waals surface area contributed by atoms with Gasteiger partial charge in [0.05, 0.1) is 18.2 Å². The van der Waals surface area contributed by atoms with Crippen LogP contribution in [0.3, 0.4) is 0 Å². The van der Waals surface area contributed by atoms with Gasteiger partial charge in [-0.1, -0.05) is 13.8 Å². The van der Waals surface area contributed by atoms with Gasteiger partial charge in [0.15, 0.2) is 5.82 Å². The molecular weight excluding hydrogens is 304 g/mol. The van der Waals surface area contributed by atoms with Crippen molar-refractivity contribution in [3.8, 4) is 0 Å². The molecule has 7 heteroatoms. The molecule has 3 rings (SSSR count). The van der Waals surface area contributed by atoms with E-state index < -0.39 is 0 Å². The second kappa shape index (κ2) is 6.03. The molecule has 3 heterocycles. The molecule has 1 atom stereocenters.